The van der Waals surface area contributed by atoms with Crippen molar-refractivity contribution >= 4 is 42.8 Å². The van der Waals surface area contributed by atoms with Crippen molar-refractivity contribution < 1.29 is 4.74 Å². The zero-order chi connectivity index (χ0) is 10.8. The third-order valence-electron chi connectivity index (χ3n) is 2.00. The monoisotopic (exact) mass is 328 g/mol. The van der Waals surface area contributed by atoms with Gasteiger partial charge in [0.1, 0.15) is 5.52 Å². The van der Waals surface area contributed by atoms with Gasteiger partial charge in [-0.3, -0.25) is 4.98 Å². The summed E-state index contributed by atoms with van der Waals surface area (Å²) in [4.78, 5) is 4.31. The van der Waals surface area contributed by atoms with Crippen LogP contribution >= 0.6 is 31.9 Å². The third-order valence-corrected chi connectivity index (χ3v) is 3.24. The fourth-order valence-electron chi connectivity index (χ4n) is 1.39. The molecule has 0 aliphatic carbocycles. The third kappa shape index (κ3) is 2.01. The first-order chi connectivity index (χ1) is 7.24. The van der Waals surface area contributed by atoms with Crippen LogP contribution in [0.25, 0.3) is 10.9 Å². The highest BCUT2D eigenvalue weighted by Gasteiger charge is 2.10. The van der Waals surface area contributed by atoms with Gasteiger partial charge in [0, 0.05) is 16.1 Å². The van der Waals surface area contributed by atoms with Crippen LogP contribution in [0, 0.1) is 6.92 Å². The normalized spacial score (nSPS) is 10.6. The maximum atomic E-state index is 5.46. The van der Waals surface area contributed by atoms with E-state index in [4.69, 9.17) is 4.74 Å². The lowest BCUT2D eigenvalue weighted by Crippen LogP contribution is -1.95. The standard InChI is InChI=1S/C11H8Br2NO/c1-2-15-11-9(13)6-8(12)7-4-3-5-14-10(7)11/h3-6H,1-2H2. The molecule has 1 aromatic carbocycles. The first-order valence-electron chi connectivity index (χ1n) is 4.39. The summed E-state index contributed by atoms with van der Waals surface area (Å²) in [6.07, 6.45) is 1.75. The summed E-state index contributed by atoms with van der Waals surface area (Å²) in [5.41, 5.74) is 0.836. The van der Waals surface area contributed by atoms with Crippen LogP contribution in [0.5, 0.6) is 5.75 Å². The highest BCUT2D eigenvalue weighted by atomic mass is 79.9. The van der Waals surface area contributed by atoms with Crippen molar-refractivity contribution in [1.82, 2.24) is 4.98 Å². The highest BCUT2D eigenvalue weighted by Crippen LogP contribution is 2.37. The molecule has 2 nitrogen and oxygen atoms in total. The van der Waals surface area contributed by atoms with E-state index in [-0.39, 0.29) is 0 Å². The average molecular weight is 330 g/mol. The molecule has 0 saturated heterocycles. The smallest absolute Gasteiger partial charge is 0.159 e. The van der Waals surface area contributed by atoms with Gasteiger partial charge < -0.3 is 4.74 Å². The van der Waals surface area contributed by atoms with Gasteiger partial charge in [-0.15, -0.1) is 0 Å². The number of aromatic nitrogens is 1. The molecule has 0 amide bonds. The highest BCUT2D eigenvalue weighted by molar-refractivity contribution is 9.11. The number of hydrogen-bond acceptors (Lipinski definition) is 2. The summed E-state index contributed by atoms with van der Waals surface area (Å²) < 4.78 is 7.34. The van der Waals surface area contributed by atoms with E-state index in [1.807, 2.05) is 18.2 Å². The topological polar surface area (TPSA) is 22.1 Å². The summed E-state index contributed by atoms with van der Waals surface area (Å²) in [7, 11) is 0. The lowest BCUT2D eigenvalue weighted by Gasteiger charge is -2.10. The van der Waals surface area contributed by atoms with E-state index in [1.165, 1.54) is 0 Å². The number of fused-ring (bicyclic) bond motifs is 1. The Bertz CT molecular complexity index is 499. The number of nitrogens with zero attached hydrogens (tertiary/aromatic N) is 1. The number of benzene rings is 1. The largest absolute Gasteiger partial charge is 0.490 e. The van der Waals surface area contributed by atoms with Crippen LogP contribution in [0.4, 0.5) is 0 Å². The minimum atomic E-state index is 0.381. The van der Waals surface area contributed by atoms with E-state index in [0.717, 1.165) is 25.6 Å². The van der Waals surface area contributed by atoms with Gasteiger partial charge in [-0.25, -0.2) is 0 Å². The quantitative estimate of drug-likeness (QED) is 0.831. The fourth-order valence-corrected chi connectivity index (χ4v) is 2.77. The van der Waals surface area contributed by atoms with Crippen molar-refractivity contribution in [2.75, 3.05) is 6.61 Å². The molecule has 4 heteroatoms. The lowest BCUT2D eigenvalue weighted by atomic mass is 10.2. The van der Waals surface area contributed by atoms with Crippen molar-refractivity contribution in [2.24, 2.45) is 0 Å². The number of halogens is 2. The Balaban J connectivity index is 2.77. The van der Waals surface area contributed by atoms with Crippen molar-refractivity contribution in [3.05, 3.63) is 40.3 Å². The van der Waals surface area contributed by atoms with Gasteiger partial charge in [0.15, 0.2) is 5.75 Å². The Morgan fingerprint density at radius 3 is 2.87 bits per heavy atom. The van der Waals surface area contributed by atoms with Gasteiger partial charge in [-0.05, 0) is 35.0 Å². The second-order valence-corrected chi connectivity index (χ2v) is 4.63. The van der Waals surface area contributed by atoms with Crippen molar-refractivity contribution in [1.29, 1.82) is 0 Å². The maximum Gasteiger partial charge on any atom is 0.159 e. The van der Waals surface area contributed by atoms with E-state index < -0.39 is 0 Å². The summed E-state index contributed by atoms with van der Waals surface area (Å²) in [6.45, 7) is 4.05. The van der Waals surface area contributed by atoms with E-state index in [1.54, 1.807) is 6.20 Å². The maximum absolute atomic E-state index is 5.46. The molecular weight excluding hydrogens is 322 g/mol. The van der Waals surface area contributed by atoms with Gasteiger partial charge in [0.2, 0.25) is 0 Å². The van der Waals surface area contributed by atoms with Crippen LogP contribution in [-0.2, 0) is 0 Å². The molecule has 0 aliphatic rings. The number of ether oxygens (including phenoxy) is 1. The zero-order valence-corrected chi connectivity index (χ0v) is 11.0. The van der Waals surface area contributed by atoms with E-state index >= 15 is 0 Å². The fraction of sp³-hybridized carbons (Fsp3) is 0.0909. The summed E-state index contributed by atoms with van der Waals surface area (Å²) >= 11 is 6.94. The van der Waals surface area contributed by atoms with Gasteiger partial charge in [0.05, 0.1) is 11.1 Å². The Kier molecular flexibility index (Phi) is 3.26. The molecule has 1 heterocycles. The van der Waals surface area contributed by atoms with Gasteiger partial charge >= 0.3 is 0 Å². The Morgan fingerprint density at radius 1 is 1.33 bits per heavy atom. The Hall–Kier alpha value is -0.610. The van der Waals surface area contributed by atoms with E-state index in [0.29, 0.717) is 6.61 Å². The van der Waals surface area contributed by atoms with Gasteiger partial charge in [-0.2, -0.15) is 0 Å². The van der Waals surface area contributed by atoms with Crippen LogP contribution in [0.2, 0.25) is 0 Å². The molecule has 0 unspecified atom stereocenters. The summed E-state index contributed by atoms with van der Waals surface area (Å²) in [6, 6.07) is 5.85. The minimum absolute atomic E-state index is 0.381. The first-order valence-corrected chi connectivity index (χ1v) is 5.97. The molecule has 15 heavy (non-hydrogen) atoms. The van der Waals surface area contributed by atoms with Crippen LogP contribution in [0.1, 0.15) is 0 Å². The number of pyridine rings is 1. The molecule has 0 aliphatic heterocycles. The second kappa shape index (κ2) is 4.49. The predicted octanol–water partition coefficient (Wildman–Crippen LogP) is 3.97. The molecule has 2 aromatic rings. The second-order valence-electron chi connectivity index (χ2n) is 2.92. The molecule has 0 saturated carbocycles. The molecule has 2 rings (SSSR count). The Labute approximate surface area is 105 Å². The van der Waals surface area contributed by atoms with Crippen molar-refractivity contribution in [3.8, 4) is 5.75 Å². The lowest BCUT2D eigenvalue weighted by molar-refractivity contribution is 0.362. The molecule has 0 atom stereocenters. The number of hydrogen-bond donors (Lipinski definition) is 0. The average Bonchev–Trinajstić information content (AvgIpc) is 2.24. The van der Waals surface area contributed by atoms with Gasteiger partial charge in [0.25, 0.3) is 0 Å². The first kappa shape index (κ1) is 10.9. The molecule has 0 spiro atoms. The molecule has 1 aromatic heterocycles. The molecular formula is C11H8Br2NO. The number of rotatable bonds is 2. The van der Waals surface area contributed by atoms with Crippen LogP contribution in [0.3, 0.4) is 0 Å². The summed E-state index contributed by atoms with van der Waals surface area (Å²) in [5, 5.41) is 1.03. The van der Waals surface area contributed by atoms with E-state index in [9.17, 15) is 0 Å². The minimum Gasteiger partial charge on any atom is -0.490 e. The Morgan fingerprint density at radius 2 is 2.13 bits per heavy atom. The molecule has 0 bridgehead atoms. The molecule has 0 N–H and O–H groups in total. The molecule has 1 radical (unpaired) electrons. The zero-order valence-electron chi connectivity index (χ0n) is 7.84. The van der Waals surface area contributed by atoms with Crippen LogP contribution in [-0.4, -0.2) is 11.6 Å². The molecule has 77 valence electrons. The SMILES string of the molecule is [CH2]COc1c(Br)cc(Br)c2cccnc12. The summed E-state index contributed by atoms with van der Waals surface area (Å²) in [5.74, 6) is 0.740. The molecule has 0 fully saturated rings. The van der Waals surface area contributed by atoms with Crippen molar-refractivity contribution in [2.45, 2.75) is 0 Å². The predicted molar refractivity (Wildman–Crippen MR) is 68.0 cm³/mol. The van der Waals surface area contributed by atoms with Gasteiger partial charge in [-0.1, -0.05) is 22.0 Å². The van der Waals surface area contributed by atoms with Crippen LogP contribution < -0.4 is 4.74 Å². The van der Waals surface area contributed by atoms with E-state index in [2.05, 4.69) is 43.8 Å². The van der Waals surface area contributed by atoms with Crippen LogP contribution in [0.15, 0.2) is 33.3 Å². The van der Waals surface area contributed by atoms with Crippen molar-refractivity contribution in [3.63, 3.8) is 0 Å².